The molecule has 6 nitrogen and oxygen atoms in total. The Morgan fingerprint density at radius 2 is 1.43 bits per heavy atom. The molecule has 3 aromatic heterocycles. The van der Waals surface area contributed by atoms with Gasteiger partial charge in [0.2, 0.25) is 0 Å². The van der Waals surface area contributed by atoms with E-state index in [9.17, 15) is 0 Å². The molecule has 0 aliphatic carbocycles. The first-order chi connectivity index (χ1) is 22.6. The molecule has 0 fully saturated rings. The molecule has 0 unspecified atom stereocenters. The number of pyridine rings is 1. The van der Waals surface area contributed by atoms with E-state index < -0.39 is 0 Å². The van der Waals surface area contributed by atoms with Crippen molar-refractivity contribution in [3.05, 3.63) is 140 Å². The number of hydrogen-bond acceptors (Lipinski definition) is 4. The summed E-state index contributed by atoms with van der Waals surface area (Å²) in [5, 5.41) is 3.45. The molecule has 0 saturated carbocycles. The number of aromatic nitrogens is 3. The van der Waals surface area contributed by atoms with Crippen LogP contribution in [0.2, 0.25) is 0 Å². The fourth-order valence-corrected chi connectivity index (χ4v) is 6.85. The van der Waals surface area contributed by atoms with Crippen molar-refractivity contribution in [2.45, 2.75) is 0 Å². The van der Waals surface area contributed by atoms with Crippen molar-refractivity contribution in [2.75, 3.05) is 23.5 Å². The number of nitrogens with zero attached hydrogens (tertiary/aromatic N) is 5. The topological polar surface area (TPSA) is 38.5 Å². The third-order valence-corrected chi connectivity index (χ3v) is 9.13. The first kappa shape index (κ1) is 26.4. The van der Waals surface area contributed by atoms with Crippen LogP contribution in [0.4, 0.5) is 17.1 Å². The van der Waals surface area contributed by atoms with Crippen molar-refractivity contribution in [1.82, 2.24) is 14.1 Å². The van der Waals surface area contributed by atoms with Crippen LogP contribution in [0.1, 0.15) is 0 Å². The monoisotopic (exact) mass is 597 g/mol. The van der Waals surface area contributed by atoms with Crippen molar-refractivity contribution in [1.29, 1.82) is 0 Å². The molecule has 0 spiro atoms. The Morgan fingerprint density at radius 3 is 2.33 bits per heavy atom. The van der Waals surface area contributed by atoms with Gasteiger partial charge >= 0.3 is 0 Å². The second-order valence-corrected chi connectivity index (χ2v) is 12.0. The van der Waals surface area contributed by atoms with E-state index in [2.05, 4.69) is 161 Å². The average molecular weight is 598 g/mol. The normalized spacial score (nSPS) is 12.8. The molecule has 1 aliphatic heterocycles. The minimum Gasteiger partial charge on any atom is -0.457 e. The molecule has 0 bridgehead atoms. The number of para-hydroxylation sites is 2. The maximum atomic E-state index is 6.58. The van der Waals surface area contributed by atoms with Crippen LogP contribution in [-0.4, -0.2) is 27.8 Å². The summed E-state index contributed by atoms with van der Waals surface area (Å²) in [6.45, 7) is 0.790. The molecule has 0 atom stereocenters. The predicted octanol–water partition coefficient (Wildman–Crippen LogP) is 9.68. The first-order valence-electron chi connectivity index (χ1n) is 15.5. The third-order valence-electron chi connectivity index (χ3n) is 9.13. The highest BCUT2D eigenvalue weighted by Gasteiger charge is 2.24. The maximum Gasteiger partial charge on any atom is 0.139 e. The number of aryl methyl sites for hydroxylation is 1. The molecule has 0 radical (unpaired) electrons. The fourth-order valence-electron chi connectivity index (χ4n) is 6.85. The maximum absolute atomic E-state index is 6.58. The smallest absolute Gasteiger partial charge is 0.139 e. The Hall–Kier alpha value is -6.01. The first-order valence-corrected chi connectivity index (χ1v) is 15.5. The number of anilines is 3. The van der Waals surface area contributed by atoms with Crippen LogP contribution in [0.15, 0.2) is 140 Å². The predicted molar refractivity (Wildman–Crippen MR) is 189 cm³/mol. The largest absolute Gasteiger partial charge is 0.457 e. The summed E-state index contributed by atoms with van der Waals surface area (Å²) in [4.78, 5) is 9.52. The van der Waals surface area contributed by atoms with Gasteiger partial charge < -0.3 is 19.1 Å². The van der Waals surface area contributed by atoms with E-state index >= 15 is 0 Å². The Morgan fingerprint density at radius 1 is 0.609 bits per heavy atom. The molecule has 0 N–H and O–H groups in total. The summed E-state index contributed by atoms with van der Waals surface area (Å²) in [7, 11) is 4.20. The van der Waals surface area contributed by atoms with E-state index in [-0.39, 0.29) is 0 Å². The number of ether oxygens (including phenoxy) is 1. The lowest BCUT2D eigenvalue weighted by atomic mass is 10.0. The van der Waals surface area contributed by atoms with Crippen LogP contribution < -0.4 is 14.5 Å². The lowest BCUT2D eigenvalue weighted by Crippen LogP contribution is -2.23. The van der Waals surface area contributed by atoms with Gasteiger partial charge in [-0.1, -0.05) is 54.6 Å². The molecule has 0 amide bonds. The van der Waals surface area contributed by atoms with E-state index in [1.165, 1.54) is 27.9 Å². The van der Waals surface area contributed by atoms with E-state index in [4.69, 9.17) is 9.72 Å². The molecule has 46 heavy (non-hydrogen) atoms. The van der Waals surface area contributed by atoms with E-state index in [1.54, 1.807) is 0 Å². The van der Waals surface area contributed by atoms with Gasteiger partial charge in [0.25, 0.3) is 0 Å². The van der Waals surface area contributed by atoms with Crippen LogP contribution in [0, 0.1) is 0 Å². The molecule has 0 saturated heterocycles. The van der Waals surface area contributed by atoms with Gasteiger partial charge in [0.05, 0.1) is 34.6 Å². The molecule has 222 valence electrons. The van der Waals surface area contributed by atoms with E-state index in [0.717, 1.165) is 57.0 Å². The molecular formula is C40H31N5O. The number of rotatable bonds is 5. The summed E-state index contributed by atoms with van der Waals surface area (Å²) in [5.41, 5.74) is 9.19. The van der Waals surface area contributed by atoms with Gasteiger partial charge in [-0.05, 0) is 65.7 Å². The lowest BCUT2D eigenvalue weighted by Gasteiger charge is -2.20. The minimum atomic E-state index is 0.774. The Kier molecular flexibility index (Phi) is 5.90. The van der Waals surface area contributed by atoms with Gasteiger partial charge in [0.15, 0.2) is 0 Å². The van der Waals surface area contributed by atoms with Crippen molar-refractivity contribution in [3.63, 3.8) is 0 Å². The molecule has 8 aromatic rings. The average Bonchev–Trinajstić information content (AvgIpc) is 3.75. The van der Waals surface area contributed by atoms with Crippen molar-refractivity contribution in [2.24, 2.45) is 7.05 Å². The zero-order chi connectivity index (χ0) is 30.8. The van der Waals surface area contributed by atoms with E-state index in [1.807, 2.05) is 12.3 Å². The highest BCUT2D eigenvalue weighted by atomic mass is 16.5. The number of fused-ring (bicyclic) bond motifs is 5. The van der Waals surface area contributed by atoms with Crippen LogP contribution >= 0.6 is 0 Å². The van der Waals surface area contributed by atoms with Crippen molar-refractivity contribution in [3.8, 4) is 28.4 Å². The second kappa shape index (κ2) is 10.3. The zero-order valence-electron chi connectivity index (χ0n) is 25.6. The quantitative estimate of drug-likeness (QED) is 0.198. The molecule has 5 aromatic carbocycles. The number of benzene rings is 5. The van der Waals surface area contributed by atoms with E-state index in [0.29, 0.717) is 0 Å². The molecule has 1 aliphatic rings. The fraction of sp³-hybridized carbons (Fsp3) is 0.0750. The standard InChI is InChI=1S/C40H31N5O/c1-42-20-19-29-25-41-40(24-38(29)42)45-35-18-15-28(27-9-4-3-5-10-27)21-34(35)33-17-16-32(23-39(33)45)46-31-12-8-11-30(22-31)44-26-43(2)36-13-6-7-14-37(36)44/h3-25H,26H2,1-2H3. The third kappa shape index (κ3) is 4.22. The number of hydrogen-bond donors (Lipinski definition) is 0. The van der Waals surface area contributed by atoms with Gasteiger partial charge in [-0.25, -0.2) is 4.98 Å². The van der Waals surface area contributed by atoms with Gasteiger partial charge in [0.1, 0.15) is 17.3 Å². The summed E-state index contributed by atoms with van der Waals surface area (Å²) < 4.78 is 11.0. The van der Waals surface area contributed by atoms with Crippen molar-refractivity contribution < 1.29 is 4.74 Å². The van der Waals surface area contributed by atoms with Gasteiger partial charge in [-0.2, -0.15) is 0 Å². The lowest BCUT2D eigenvalue weighted by molar-refractivity contribution is 0.483. The summed E-state index contributed by atoms with van der Waals surface area (Å²) in [6, 6.07) is 44.7. The molecule has 6 heteroatoms. The minimum absolute atomic E-state index is 0.774. The SMILES string of the molecule is CN1CN(c2cccc(Oc3ccc4c5cc(-c6ccccc6)ccc5n(-c5cc6c(ccn6C)cn5)c4c3)c2)c2ccccc21. The molecule has 4 heterocycles. The highest BCUT2D eigenvalue weighted by molar-refractivity contribution is 6.11. The van der Waals surface area contributed by atoms with Gasteiger partial charge in [-0.3, -0.25) is 4.57 Å². The summed E-state index contributed by atoms with van der Waals surface area (Å²) in [5.74, 6) is 2.44. The van der Waals surface area contributed by atoms with Crippen molar-refractivity contribution >= 4 is 49.8 Å². The summed E-state index contributed by atoms with van der Waals surface area (Å²) in [6.07, 6.45) is 4.04. The second-order valence-electron chi connectivity index (χ2n) is 12.0. The van der Waals surface area contributed by atoms with Gasteiger partial charge in [0, 0.05) is 66.5 Å². The Bertz CT molecular complexity index is 2420. The zero-order valence-corrected chi connectivity index (χ0v) is 25.6. The Balaban J connectivity index is 1.16. The van der Waals surface area contributed by atoms with Crippen LogP contribution in [0.5, 0.6) is 11.5 Å². The van der Waals surface area contributed by atoms with Crippen LogP contribution in [0.25, 0.3) is 49.7 Å². The highest BCUT2D eigenvalue weighted by Crippen LogP contribution is 2.41. The molecular weight excluding hydrogens is 566 g/mol. The summed E-state index contributed by atoms with van der Waals surface area (Å²) >= 11 is 0. The van der Waals surface area contributed by atoms with Crippen LogP contribution in [-0.2, 0) is 7.05 Å². The Labute approximate surface area is 266 Å². The molecule has 9 rings (SSSR count). The van der Waals surface area contributed by atoms with Gasteiger partial charge in [-0.15, -0.1) is 0 Å². The van der Waals surface area contributed by atoms with Crippen LogP contribution in [0.3, 0.4) is 0 Å².